The fraction of sp³-hybridized carbons (Fsp3) is 0.308. The number of piperazine rings is 1. The third-order valence-corrected chi connectivity index (χ3v) is 7.48. The average molecular weight is 538 g/mol. The lowest BCUT2D eigenvalue weighted by Crippen LogP contribution is -2.56. The zero-order valence-corrected chi connectivity index (χ0v) is 21.7. The maximum Gasteiger partial charge on any atom is 0.282 e. The predicted octanol–water partition coefficient (Wildman–Crippen LogP) is 4.06. The Kier molecular flexibility index (Phi) is 6.46. The van der Waals surface area contributed by atoms with Gasteiger partial charge in [0, 0.05) is 43.8 Å². The number of rotatable bonds is 5. The standard InChI is InChI=1S/C26H25Cl2N7O2/c1-16-23-20(25(36)35(32-16)24-21(27)6-3-7-22(24)28)13-29-26(31-23)30-17-4-2-5-18(12-17)33-8-10-34(11-9-33)19-14-37-15-19/h2-7,12-13,19H,8-11,14-15H2,1H3,(H,29,30,31). The second-order valence-corrected chi connectivity index (χ2v) is 10.0. The van der Waals surface area contributed by atoms with E-state index in [0.29, 0.717) is 44.3 Å². The number of para-hydroxylation sites is 1. The molecule has 1 N–H and O–H groups in total. The summed E-state index contributed by atoms with van der Waals surface area (Å²) in [6.07, 6.45) is 1.51. The smallest absolute Gasteiger partial charge is 0.282 e. The van der Waals surface area contributed by atoms with Crippen LogP contribution in [0.2, 0.25) is 10.0 Å². The van der Waals surface area contributed by atoms with Gasteiger partial charge in [0.25, 0.3) is 5.56 Å². The fourth-order valence-electron chi connectivity index (χ4n) is 4.76. The molecule has 2 saturated heterocycles. The highest BCUT2D eigenvalue weighted by molar-refractivity contribution is 6.37. The van der Waals surface area contributed by atoms with E-state index in [1.54, 1.807) is 25.1 Å². The molecule has 0 radical (unpaired) electrons. The first-order chi connectivity index (χ1) is 18.0. The van der Waals surface area contributed by atoms with Crippen molar-refractivity contribution >= 4 is 51.4 Å². The second-order valence-electron chi connectivity index (χ2n) is 9.22. The number of aromatic nitrogens is 4. The van der Waals surface area contributed by atoms with Crippen LogP contribution >= 0.6 is 23.2 Å². The van der Waals surface area contributed by atoms with Gasteiger partial charge in [-0.05, 0) is 37.3 Å². The molecular weight excluding hydrogens is 513 g/mol. The Morgan fingerprint density at radius 3 is 2.46 bits per heavy atom. The molecule has 0 saturated carbocycles. The van der Waals surface area contributed by atoms with Crippen LogP contribution in [-0.2, 0) is 4.74 Å². The molecule has 2 aliphatic rings. The Morgan fingerprint density at radius 2 is 1.76 bits per heavy atom. The van der Waals surface area contributed by atoms with Crippen LogP contribution in [0, 0.1) is 6.92 Å². The van der Waals surface area contributed by atoms with Crippen LogP contribution in [0.1, 0.15) is 5.69 Å². The van der Waals surface area contributed by atoms with Gasteiger partial charge in [-0.1, -0.05) is 35.3 Å². The van der Waals surface area contributed by atoms with Gasteiger partial charge < -0.3 is 15.0 Å². The van der Waals surface area contributed by atoms with Gasteiger partial charge in [-0.3, -0.25) is 9.69 Å². The Morgan fingerprint density at radius 1 is 1.03 bits per heavy atom. The van der Waals surface area contributed by atoms with E-state index in [1.165, 1.54) is 10.9 Å². The van der Waals surface area contributed by atoms with E-state index in [-0.39, 0.29) is 0 Å². The molecule has 6 rings (SSSR count). The van der Waals surface area contributed by atoms with Crippen LogP contribution in [0.25, 0.3) is 16.6 Å². The summed E-state index contributed by atoms with van der Waals surface area (Å²) in [4.78, 5) is 27.1. The van der Waals surface area contributed by atoms with Crippen molar-refractivity contribution in [1.82, 2.24) is 24.6 Å². The van der Waals surface area contributed by atoms with Gasteiger partial charge in [-0.15, -0.1) is 0 Å². The summed E-state index contributed by atoms with van der Waals surface area (Å²) in [7, 11) is 0. The van der Waals surface area contributed by atoms with Gasteiger partial charge in [0.15, 0.2) is 0 Å². The molecule has 0 spiro atoms. The number of ether oxygens (including phenoxy) is 1. The fourth-order valence-corrected chi connectivity index (χ4v) is 5.32. The van der Waals surface area contributed by atoms with Crippen molar-refractivity contribution in [2.45, 2.75) is 13.0 Å². The van der Waals surface area contributed by atoms with Crippen molar-refractivity contribution in [2.24, 2.45) is 0 Å². The molecule has 4 heterocycles. The van der Waals surface area contributed by atoms with Crippen molar-refractivity contribution < 1.29 is 4.74 Å². The molecule has 2 aromatic carbocycles. The first kappa shape index (κ1) is 24.1. The monoisotopic (exact) mass is 537 g/mol. The molecule has 0 bridgehead atoms. The summed E-state index contributed by atoms with van der Waals surface area (Å²) in [5.74, 6) is 0.386. The second kappa shape index (κ2) is 9.90. The van der Waals surface area contributed by atoms with Crippen molar-refractivity contribution in [3.63, 3.8) is 0 Å². The molecule has 0 aliphatic carbocycles. The zero-order chi connectivity index (χ0) is 25.5. The van der Waals surface area contributed by atoms with E-state index < -0.39 is 5.56 Å². The molecule has 11 heteroatoms. The Balaban J connectivity index is 1.24. The van der Waals surface area contributed by atoms with Crippen molar-refractivity contribution in [3.05, 3.63) is 74.8 Å². The van der Waals surface area contributed by atoms with E-state index in [2.05, 4.69) is 42.3 Å². The minimum atomic E-state index is -0.392. The molecule has 190 valence electrons. The number of benzene rings is 2. The lowest BCUT2D eigenvalue weighted by Gasteiger charge is -2.43. The van der Waals surface area contributed by atoms with Crippen LogP contribution in [0.4, 0.5) is 17.3 Å². The molecule has 2 fully saturated rings. The third kappa shape index (κ3) is 4.64. The van der Waals surface area contributed by atoms with Crippen LogP contribution in [0.15, 0.2) is 53.5 Å². The highest BCUT2D eigenvalue weighted by Gasteiger charge is 2.29. The number of anilines is 3. The van der Waals surface area contributed by atoms with Gasteiger partial charge in [0.05, 0.1) is 40.4 Å². The van der Waals surface area contributed by atoms with Crippen molar-refractivity contribution in [3.8, 4) is 5.69 Å². The minimum absolute atomic E-state index is 0.331. The highest BCUT2D eigenvalue weighted by Crippen LogP contribution is 2.28. The lowest BCUT2D eigenvalue weighted by molar-refractivity contribution is -0.0660. The summed E-state index contributed by atoms with van der Waals surface area (Å²) in [5.41, 5.74) is 2.98. The van der Waals surface area contributed by atoms with Crippen molar-refractivity contribution in [1.29, 1.82) is 0 Å². The van der Waals surface area contributed by atoms with Gasteiger partial charge in [-0.2, -0.15) is 9.78 Å². The highest BCUT2D eigenvalue weighted by atomic mass is 35.5. The van der Waals surface area contributed by atoms with E-state index in [9.17, 15) is 4.79 Å². The number of hydrogen-bond donors (Lipinski definition) is 1. The Bertz CT molecular complexity index is 1510. The molecule has 37 heavy (non-hydrogen) atoms. The summed E-state index contributed by atoms with van der Waals surface area (Å²) in [6.45, 7) is 7.49. The van der Waals surface area contributed by atoms with Crippen molar-refractivity contribution in [2.75, 3.05) is 49.6 Å². The minimum Gasteiger partial charge on any atom is -0.378 e. The van der Waals surface area contributed by atoms with Gasteiger partial charge in [0.2, 0.25) is 5.95 Å². The van der Waals surface area contributed by atoms with E-state index in [1.807, 2.05) is 12.1 Å². The summed E-state index contributed by atoms with van der Waals surface area (Å²) >= 11 is 12.6. The molecule has 0 atom stereocenters. The van der Waals surface area contributed by atoms with Gasteiger partial charge in [-0.25, -0.2) is 9.97 Å². The number of fused-ring (bicyclic) bond motifs is 1. The number of nitrogens with zero attached hydrogens (tertiary/aromatic N) is 6. The maximum atomic E-state index is 13.2. The lowest BCUT2D eigenvalue weighted by atomic mass is 10.1. The quantitative estimate of drug-likeness (QED) is 0.407. The average Bonchev–Trinajstić information content (AvgIpc) is 2.86. The van der Waals surface area contributed by atoms with Gasteiger partial charge >= 0.3 is 0 Å². The number of nitrogens with one attached hydrogen (secondary N) is 1. The number of hydrogen-bond acceptors (Lipinski definition) is 8. The molecule has 0 unspecified atom stereocenters. The molecular formula is C26H25Cl2N7O2. The molecule has 0 amide bonds. The van der Waals surface area contributed by atoms with E-state index in [0.717, 1.165) is 50.8 Å². The Labute approximate surface area is 223 Å². The van der Waals surface area contributed by atoms with E-state index in [4.69, 9.17) is 27.9 Å². The molecule has 2 aliphatic heterocycles. The van der Waals surface area contributed by atoms with Crippen LogP contribution in [0.5, 0.6) is 0 Å². The largest absolute Gasteiger partial charge is 0.378 e. The van der Waals surface area contributed by atoms with E-state index >= 15 is 0 Å². The topological polar surface area (TPSA) is 88.4 Å². The van der Waals surface area contributed by atoms with Gasteiger partial charge in [0.1, 0.15) is 11.2 Å². The van der Waals surface area contributed by atoms with Crippen LogP contribution in [-0.4, -0.2) is 70.1 Å². The number of halogens is 2. The molecule has 2 aromatic heterocycles. The SMILES string of the molecule is Cc1nn(-c2c(Cl)cccc2Cl)c(=O)c2cnc(Nc3cccc(N4CCN(C5COC5)CC4)c3)nc12. The van der Waals surface area contributed by atoms with Crippen LogP contribution in [0.3, 0.4) is 0 Å². The summed E-state index contributed by atoms with van der Waals surface area (Å²) in [6, 6.07) is 13.8. The van der Waals surface area contributed by atoms with Crippen LogP contribution < -0.4 is 15.8 Å². The third-order valence-electron chi connectivity index (χ3n) is 6.87. The zero-order valence-electron chi connectivity index (χ0n) is 20.2. The molecule has 4 aromatic rings. The summed E-state index contributed by atoms with van der Waals surface area (Å²) in [5, 5.41) is 8.72. The Hall–Kier alpha value is -3.24. The normalized spacial score (nSPS) is 16.7. The first-order valence-corrected chi connectivity index (χ1v) is 12.9. The molecule has 9 nitrogen and oxygen atoms in total. The maximum absolute atomic E-state index is 13.2. The summed E-state index contributed by atoms with van der Waals surface area (Å²) < 4.78 is 6.55. The number of aryl methyl sites for hydroxylation is 1. The predicted molar refractivity (Wildman–Crippen MR) is 146 cm³/mol. The first-order valence-electron chi connectivity index (χ1n) is 12.1.